The molecule has 1 saturated carbocycles. The molecule has 1 aliphatic heterocycles. The van der Waals surface area contributed by atoms with E-state index in [4.69, 9.17) is 0 Å². The number of carbonyl (C=O) groups is 2. The molecule has 0 radical (unpaired) electrons. The van der Waals surface area contributed by atoms with Gasteiger partial charge in [-0.3, -0.25) is 4.79 Å². The number of rotatable bonds is 1. The van der Waals surface area contributed by atoms with Crippen LogP contribution in [0, 0.1) is 6.92 Å². The first-order chi connectivity index (χ1) is 12.1. The van der Waals surface area contributed by atoms with E-state index >= 15 is 0 Å². The Hall–Kier alpha value is -2.04. The summed E-state index contributed by atoms with van der Waals surface area (Å²) >= 11 is 0. The van der Waals surface area contributed by atoms with Crippen LogP contribution in [0.2, 0.25) is 0 Å². The zero-order valence-electron chi connectivity index (χ0n) is 14.9. The van der Waals surface area contributed by atoms with Gasteiger partial charge in [-0.25, -0.2) is 4.79 Å². The van der Waals surface area contributed by atoms with Crippen molar-refractivity contribution in [3.05, 3.63) is 34.9 Å². The first kappa shape index (κ1) is 16.4. The van der Waals surface area contributed by atoms with Gasteiger partial charge >= 0.3 is 6.03 Å². The molecular weight excluding hydrogens is 314 g/mol. The van der Waals surface area contributed by atoms with Crippen molar-refractivity contribution in [3.63, 3.8) is 0 Å². The highest BCUT2D eigenvalue weighted by Gasteiger charge is 2.39. The predicted molar refractivity (Wildman–Crippen MR) is 96.3 cm³/mol. The van der Waals surface area contributed by atoms with Crippen LogP contribution in [0.1, 0.15) is 61.3 Å². The van der Waals surface area contributed by atoms with E-state index in [1.807, 2.05) is 0 Å². The number of benzene rings is 1. The first-order valence-corrected chi connectivity index (χ1v) is 9.58. The van der Waals surface area contributed by atoms with Crippen LogP contribution in [-0.4, -0.2) is 35.5 Å². The second kappa shape index (κ2) is 6.70. The minimum atomic E-state index is -0.0777. The number of nitrogens with zero attached hydrogens (tertiary/aromatic N) is 1. The Morgan fingerprint density at radius 2 is 2.04 bits per heavy atom. The molecule has 4 rings (SSSR count). The van der Waals surface area contributed by atoms with E-state index in [2.05, 4.69) is 35.8 Å². The lowest BCUT2D eigenvalue weighted by atomic mass is 9.86. The van der Waals surface area contributed by atoms with Gasteiger partial charge in [-0.05, 0) is 50.2 Å². The van der Waals surface area contributed by atoms with Crippen molar-refractivity contribution in [2.45, 2.75) is 70.0 Å². The highest BCUT2D eigenvalue weighted by atomic mass is 16.2. The molecule has 3 aliphatic rings. The normalized spacial score (nSPS) is 28.6. The van der Waals surface area contributed by atoms with Gasteiger partial charge in [0.2, 0.25) is 5.91 Å². The number of carbonyl (C=O) groups excluding carboxylic acids is 2. The summed E-state index contributed by atoms with van der Waals surface area (Å²) in [6.45, 7) is 2.27. The smallest absolute Gasteiger partial charge is 0.318 e. The standard InChI is InChI=1S/C20H27N3O2/c1-13-9-10-14-5-4-7-16(15(14)11-13)22-20(25)23-12-19(24)21-17-6-2-3-8-18(17)23/h9-11,16-18H,2-8,12H2,1H3,(H,21,24)(H,22,25). The van der Waals surface area contributed by atoms with E-state index < -0.39 is 0 Å². The zero-order chi connectivity index (χ0) is 17.4. The second-order valence-electron chi connectivity index (χ2n) is 7.75. The van der Waals surface area contributed by atoms with Crippen LogP contribution < -0.4 is 10.6 Å². The highest BCUT2D eigenvalue weighted by Crippen LogP contribution is 2.31. The maximum absolute atomic E-state index is 13.0. The zero-order valence-corrected chi connectivity index (χ0v) is 14.9. The summed E-state index contributed by atoms with van der Waals surface area (Å²) in [5.41, 5.74) is 3.82. The summed E-state index contributed by atoms with van der Waals surface area (Å²) < 4.78 is 0. The molecule has 3 atom stereocenters. The molecule has 1 heterocycles. The lowest BCUT2D eigenvalue weighted by Gasteiger charge is -2.44. The third-order valence-electron chi connectivity index (χ3n) is 5.96. The van der Waals surface area contributed by atoms with Gasteiger partial charge in [-0.1, -0.05) is 36.6 Å². The van der Waals surface area contributed by atoms with Crippen LogP contribution in [-0.2, 0) is 11.2 Å². The molecule has 1 saturated heterocycles. The van der Waals surface area contributed by atoms with E-state index in [-0.39, 0.29) is 36.6 Å². The van der Waals surface area contributed by atoms with Gasteiger partial charge in [-0.2, -0.15) is 0 Å². The number of hydrogen-bond acceptors (Lipinski definition) is 2. The molecule has 0 bridgehead atoms. The van der Waals surface area contributed by atoms with E-state index in [1.165, 1.54) is 16.7 Å². The average molecular weight is 341 g/mol. The maximum Gasteiger partial charge on any atom is 0.318 e. The van der Waals surface area contributed by atoms with Crippen molar-refractivity contribution in [3.8, 4) is 0 Å². The quantitative estimate of drug-likeness (QED) is 0.825. The molecule has 2 aliphatic carbocycles. The fraction of sp³-hybridized carbons (Fsp3) is 0.600. The van der Waals surface area contributed by atoms with Gasteiger partial charge in [0, 0.05) is 6.04 Å². The van der Waals surface area contributed by atoms with Gasteiger partial charge in [0.15, 0.2) is 0 Å². The van der Waals surface area contributed by atoms with Crippen molar-refractivity contribution in [1.82, 2.24) is 15.5 Å². The second-order valence-corrected chi connectivity index (χ2v) is 7.75. The Morgan fingerprint density at radius 3 is 2.92 bits per heavy atom. The molecule has 1 aromatic rings. The van der Waals surface area contributed by atoms with Crippen LogP contribution in [0.25, 0.3) is 0 Å². The molecular formula is C20H27N3O2. The molecule has 1 aromatic carbocycles. The average Bonchev–Trinajstić information content (AvgIpc) is 2.61. The van der Waals surface area contributed by atoms with Gasteiger partial charge in [0.25, 0.3) is 0 Å². The summed E-state index contributed by atoms with van der Waals surface area (Å²) in [6.07, 6.45) is 7.37. The Morgan fingerprint density at radius 1 is 1.20 bits per heavy atom. The van der Waals surface area contributed by atoms with Crippen LogP contribution in [0.4, 0.5) is 4.79 Å². The molecule has 2 fully saturated rings. The van der Waals surface area contributed by atoms with Crippen molar-refractivity contribution >= 4 is 11.9 Å². The summed E-state index contributed by atoms with van der Waals surface area (Å²) in [6, 6.07) is 6.79. The highest BCUT2D eigenvalue weighted by molar-refractivity contribution is 5.86. The number of aryl methyl sites for hydroxylation is 2. The molecule has 0 aromatic heterocycles. The molecule has 5 nitrogen and oxygen atoms in total. The monoisotopic (exact) mass is 341 g/mol. The summed E-state index contributed by atoms with van der Waals surface area (Å²) in [5.74, 6) is -0.0295. The van der Waals surface area contributed by atoms with Crippen LogP contribution >= 0.6 is 0 Å². The molecule has 3 unspecified atom stereocenters. The Balaban J connectivity index is 1.52. The molecule has 2 N–H and O–H groups in total. The van der Waals surface area contributed by atoms with E-state index in [1.54, 1.807) is 4.90 Å². The van der Waals surface area contributed by atoms with Gasteiger partial charge in [0.05, 0.1) is 12.1 Å². The van der Waals surface area contributed by atoms with Crippen molar-refractivity contribution in [1.29, 1.82) is 0 Å². The number of fused-ring (bicyclic) bond motifs is 2. The van der Waals surface area contributed by atoms with Gasteiger partial charge < -0.3 is 15.5 Å². The third kappa shape index (κ3) is 3.24. The van der Waals surface area contributed by atoms with E-state index in [0.717, 1.165) is 44.9 Å². The van der Waals surface area contributed by atoms with Gasteiger partial charge in [0.1, 0.15) is 6.54 Å². The van der Waals surface area contributed by atoms with Crippen molar-refractivity contribution in [2.24, 2.45) is 0 Å². The number of urea groups is 1. The molecule has 3 amide bonds. The number of nitrogens with one attached hydrogen (secondary N) is 2. The van der Waals surface area contributed by atoms with E-state index in [0.29, 0.717) is 0 Å². The maximum atomic E-state index is 13.0. The van der Waals surface area contributed by atoms with Gasteiger partial charge in [-0.15, -0.1) is 0 Å². The van der Waals surface area contributed by atoms with Crippen molar-refractivity contribution < 1.29 is 9.59 Å². The lowest BCUT2D eigenvalue weighted by molar-refractivity contribution is -0.126. The Labute approximate surface area is 149 Å². The Kier molecular flexibility index (Phi) is 4.40. The fourth-order valence-corrected chi connectivity index (χ4v) is 4.70. The lowest BCUT2D eigenvalue weighted by Crippen LogP contribution is -2.64. The predicted octanol–water partition coefficient (Wildman–Crippen LogP) is 2.83. The molecule has 0 spiro atoms. The SMILES string of the molecule is Cc1ccc2c(c1)C(NC(=O)N1CC(=O)NC3CCCCC31)CCC2. The number of amides is 3. The summed E-state index contributed by atoms with van der Waals surface area (Å²) in [7, 11) is 0. The van der Waals surface area contributed by atoms with Crippen LogP contribution in [0.5, 0.6) is 0 Å². The van der Waals surface area contributed by atoms with E-state index in [9.17, 15) is 9.59 Å². The molecule has 5 heteroatoms. The summed E-state index contributed by atoms with van der Waals surface area (Å²) in [5, 5.41) is 6.30. The number of hydrogen-bond donors (Lipinski definition) is 2. The minimum Gasteiger partial charge on any atom is -0.350 e. The number of piperazine rings is 1. The summed E-state index contributed by atoms with van der Waals surface area (Å²) in [4.78, 5) is 26.8. The van der Waals surface area contributed by atoms with Crippen LogP contribution in [0.3, 0.4) is 0 Å². The molecule has 134 valence electrons. The van der Waals surface area contributed by atoms with Crippen molar-refractivity contribution in [2.75, 3.05) is 6.54 Å². The Bertz CT molecular complexity index is 688. The first-order valence-electron chi connectivity index (χ1n) is 9.58. The molecule has 25 heavy (non-hydrogen) atoms. The van der Waals surface area contributed by atoms with Crippen LogP contribution in [0.15, 0.2) is 18.2 Å². The fourth-order valence-electron chi connectivity index (χ4n) is 4.70. The topological polar surface area (TPSA) is 61.4 Å². The largest absolute Gasteiger partial charge is 0.350 e. The third-order valence-corrected chi connectivity index (χ3v) is 5.96. The minimum absolute atomic E-state index is 0.0295.